The Morgan fingerprint density at radius 3 is 2.93 bits per heavy atom. The second-order valence-corrected chi connectivity index (χ2v) is 4.63. The largest absolute Gasteiger partial charge is 0.396 e. The summed E-state index contributed by atoms with van der Waals surface area (Å²) in [4.78, 5) is 2.51. The molecule has 1 rings (SSSR count). The highest BCUT2D eigenvalue weighted by molar-refractivity contribution is 4.72. The number of allylic oxidation sites excluding steroid dienone is 1. The van der Waals surface area contributed by atoms with Gasteiger partial charge in [0.05, 0.1) is 0 Å². The molecule has 0 aromatic rings. The summed E-state index contributed by atoms with van der Waals surface area (Å²) < 4.78 is 0. The van der Waals surface area contributed by atoms with Crippen molar-refractivity contribution in [2.24, 2.45) is 5.92 Å². The van der Waals surface area contributed by atoms with Gasteiger partial charge in [-0.3, -0.25) is 0 Å². The Labute approximate surface area is 94.0 Å². The Bertz CT molecular complexity index is 170. The molecule has 0 aromatic carbocycles. The Morgan fingerprint density at radius 2 is 2.20 bits per heavy atom. The van der Waals surface area contributed by atoms with Gasteiger partial charge in [0.2, 0.25) is 0 Å². The highest BCUT2D eigenvalue weighted by atomic mass is 16.3. The van der Waals surface area contributed by atoms with Gasteiger partial charge in [0.1, 0.15) is 0 Å². The number of aliphatic hydroxyl groups is 1. The van der Waals surface area contributed by atoms with E-state index in [4.69, 9.17) is 5.11 Å². The number of hydrogen-bond acceptors (Lipinski definition) is 2. The van der Waals surface area contributed by atoms with Crippen molar-refractivity contribution in [2.45, 2.75) is 38.5 Å². The van der Waals surface area contributed by atoms with Crippen LogP contribution in [0.25, 0.3) is 0 Å². The summed E-state index contributed by atoms with van der Waals surface area (Å²) in [6.07, 6.45) is 9.52. The monoisotopic (exact) mass is 211 g/mol. The SMILES string of the molecule is C=CCCCCCN1CCCC(CO)C1. The number of likely N-dealkylation sites (tertiary alicyclic amines) is 1. The van der Waals surface area contributed by atoms with E-state index in [9.17, 15) is 0 Å². The number of nitrogens with zero attached hydrogens (tertiary/aromatic N) is 1. The zero-order chi connectivity index (χ0) is 10.9. The highest BCUT2D eigenvalue weighted by Crippen LogP contribution is 2.16. The molecule has 0 saturated carbocycles. The third-order valence-corrected chi connectivity index (χ3v) is 3.24. The van der Waals surface area contributed by atoms with Gasteiger partial charge in [0.25, 0.3) is 0 Å². The summed E-state index contributed by atoms with van der Waals surface area (Å²) in [5.74, 6) is 0.534. The van der Waals surface area contributed by atoms with Crippen LogP contribution in [-0.4, -0.2) is 36.2 Å². The number of aliphatic hydroxyl groups excluding tert-OH is 1. The van der Waals surface area contributed by atoms with Crippen molar-refractivity contribution in [3.63, 3.8) is 0 Å². The molecule has 2 heteroatoms. The average Bonchev–Trinajstić information content (AvgIpc) is 2.29. The fourth-order valence-electron chi connectivity index (χ4n) is 2.30. The summed E-state index contributed by atoms with van der Waals surface area (Å²) in [6, 6.07) is 0. The Balaban J connectivity index is 2.02. The average molecular weight is 211 g/mol. The first-order valence-electron chi connectivity index (χ1n) is 6.31. The third-order valence-electron chi connectivity index (χ3n) is 3.24. The van der Waals surface area contributed by atoms with Gasteiger partial charge in [-0.25, -0.2) is 0 Å². The van der Waals surface area contributed by atoms with Crippen molar-refractivity contribution in [1.29, 1.82) is 0 Å². The summed E-state index contributed by atoms with van der Waals surface area (Å²) in [5, 5.41) is 9.11. The van der Waals surface area contributed by atoms with Crippen LogP contribution in [0.2, 0.25) is 0 Å². The first kappa shape index (κ1) is 12.7. The molecule has 1 aliphatic rings. The molecule has 88 valence electrons. The van der Waals surface area contributed by atoms with E-state index in [1.54, 1.807) is 0 Å². The predicted molar refractivity (Wildman–Crippen MR) is 64.9 cm³/mol. The van der Waals surface area contributed by atoms with Crippen molar-refractivity contribution >= 4 is 0 Å². The third kappa shape index (κ3) is 5.33. The van der Waals surface area contributed by atoms with Crippen LogP contribution in [0.3, 0.4) is 0 Å². The topological polar surface area (TPSA) is 23.5 Å². The summed E-state index contributed by atoms with van der Waals surface area (Å²) in [7, 11) is 0. The van der Waals surface area contributed by atoms with Crippen LogP contribution in [0.4, 0.5) is 0 Å². The molecule has 1 fully saturated rings. The molecule has 0 aromatic heterocycles. The number of rotatable bonds is 7. The predicted octanol–water partition coefficient (Wildman–Crippen LogP) is 2.44. The Kier molecular flexibility index (Phi) is 6.69. The molecule has 0 bridgehead atoms. The van der Waals surface area contributed by atoms with Crippen LogP contribution in [0.1, 0.15) is 38.5 Å². The van der Waals surface area contributed by atoms with E-state index in [0.717, 1.165) is 13.0 Å². The van der Waals surface area contributed by atoms with Gasteiger partial charge in [-0.2, -0.15) is 0 Å². The van der Waals surface area contributed by atoms with Gasteiger partial charge >= 0.3 is 0 Å². The second-order valence-electron chi connectivity index (χ2n) is 4.63. The van der Waals surface area contributed by atoms with Crippen molar-refractivity contribution in [3.8, 4) is 0 Å². The molecule has 2 nitrogen and oxygen atoms in total. The van der Waals surface area contributed by atoms with Gasteiger partial charge in [-0.05, 0) is 51.1 Å². The smallest absolute Gasteiger partial charge is 0.0471 e. The van der Waals surface area contributed by atoms with E-state index >= 15 is 0 Å². The number of piperidine rings is 1. The molecule has 0 radical (unpaired) electrons. The standard InChI is InChI=1S/C13H25NO/c1-2-3-4-5-6-9-14-10-7-8-13(11-14)12-15/h2,13,15H,1,3-12H2. The van der Waals surface area contributed by atoms with Gasteiger partial charge in [0.15, 0.2) is 0 Å². The summed E-state index contributed by atoms with van der Waals surface area (Å²) in [5.41, 5.74) is 0. The molecule has 1 atom stereocenters. The molecule has 1 heterocycles. The molecule has 0 spiro atoms. The summed E-state index contributed by atoms with van der Waals surface area (Å²) in [6.45, 7) is 7.66. The van der Waals surface area contributed by atoms with Gasteiger partial charge in [-0.15, -0.1) is 6.58 Å². The molecular weight excluding hydrogens is 186 g/mol. The minimum Gasteiger partial charge on any atom is -0.396 e. The fourth-order valence-corrected chi connectivity index (χ4v) is 2.30. The minimum atomic E-state index is 0.368. The summed E-state index contributed by atoms with van der Waals surface area (Å²) >= 11 is 0. The van der Waals surface area contributed by atoms with Crippen LogP contribution < -0.4 is 0 Å². The van der Waals surface area contributed by atoms with E-state index in [2.05, 4.69) is 11.5 Å². The first-order chi connectivity index (χ1) is 7.36. The Hall–Kier alpha value is -0.340. The van der Waals surface area contributed by atoms with Gasteiger partial charge in [0, 0.05) is 13.2 Å². The molecule has 0 aliphatic carbocycles. The van der Waals surface area contributed by atoms with Crippen molar-refractivity contribution in [2.75, 3.05) is 26.2 Å². The molecule has 1 saturated heterocycles. The number of hydrogen-bond donors (Lipinski definition) is 1. The maximum Gasteiger partial charge on any atom is 0.0471 e. The van der Waals surface area contributed by atoms with E-state index in [0.29, 0.717) is 12.5 Å². The van der Waals surface area contributed by atoms with Crippen molar-refractivity contribution < 1.29 is 5.11 Å². The van der Waals surface area contributed by atoms with E-state index < -0.39 is 0 Å². The molecule has 1 aliphatic heterocycles. The zero-order valence-electron chi connectivity index (χ0n) is 9.83. The van der Waals surface area contributed by atoms with Gasteiger partial charge < -0.3 is 10.0 Å². The van der Waals surface area contributed by atoms with Crippen LogP contribution in [0, 0.1) is 5.92 Å². The maximum atomic E-state index is 9.11. The minimum absolute atomic E-state index is 0.368. The normalized spacial score (nSPS) is 22.9. The quantitative estimate of drug-likeness (QED) is 0.516. The van der Waals surface area contributed by atoms with Gasteiger partial charge in [-0.1, -0.05) is 12.5 Å². The molecular formula is C13H25NO. The lowest BCUT2D eigenvalue weighted by Gasteiger charge is -2.31. The van der Waals surface area contributed by atoms with Crippen molar-refractivity contribution in [3.05, 3.63) is 12.7 Å². The lowest BCUT2D eigenvalue weighted by molar-refractivity contribution is 0.119. The molecule has 1 unspecified atom stereocenters. The Morgan fingerprint density at radius 1 is 1.33 bits per heavy atom. The highest BCUT2D eigenvalue weighted by Gasteiger charge is 2.18. The lowest BCUT2D eigenvalue weighted by Crippen LogP contribution is -2.37. The van der Waals surface area contributed by atoms with Crippen LogP contribution in [-0.2, 0) is 0 Å². The maximum absolute atomic E-state index is 9.11. The van der Waals surface area contributed by atoms with E-state index in [1.807, 2.05) is 6.08 Å². The van der Waals surface area contributed by atoms with Crippen molar-refractivity contribution in [1.82, 2.24) is 4.90 Å². The fraction of sp³-hybridized carbons (Fsp3) is 0.846. The van der Waals surface area contributed by atoms with Crippen LogP contribution in [0.5, 0.6) is 0 Å². The zero-order valence-corrected chi connectivity index (χ0v) is 9.83. The molecule has 1 N–H and O–H groups in total. The second kappa shape index (κ2) is 7.89. The lowest BCUT2D eigenvalue weighted by atomic mass is 9.99. The van der Waals surface area contributed by atoms with E-state index in [-0.39, 0.29) is 0 Å². The molecule has 0 amide bonds. The molecule has 15 heavy (non-hydrogen) atoms. The number of unbranched alkanes of at least 4 members (excludes halogenated alkanes) is 3. The van der Waals surface area contributed by atoms with Crippen LogP contribution >= 0.6 is 0 Å². The first-order valence-corrected chi connectivity index (χ1v) is 6.31. The van der Waals surface area contributed by atoms with Crippen LogP contribution in [0.15, 0.2) is 12.7 Å². The van der Waals surface area contributed by atoms with E-state index in [1.165, 1.54) is 45.2 Å².